The summed E-state index contributed by atoms with van der Waals surface area (Å²) < 4.78 is 0. The lowest BCUT2D eigenvalue weighted by molar-refractivity contribution is 1.13. The van der Waals surface area contributed by atoms with Crippen molar-refractivity contribution >= 4 is 0 Å². The maximum absolute atomic E-state index is 4.42. The van der Waals surface area contributed by atoms with Gasteiger partial charge in [0, 0.05) is 18.3 Å². The molecule has 0 radical (unpaired) electrons. The standard InChI is InChI=1S/C16H17N/c1-9-5-10(2)16-14(12(9)4)7-13-8-17-11(3)6-15(13)16/h5-6,8H,7H2,1-4H3. The van der Waals surface area contributed by atoms with E-state index in [4.69, 9.17) is 0 Å². The van der Waals surface area contributed by atoms with Gasteiger partial charge in [0.2, 0.25) is 0 Å². The van der Waals surface area contributed by atoms with Crippen molar-refractivity contribution in [2.45, 2.75) is 34.1 Å². The summed E-state index contributed by atoms with van der Waals surface area (Å²) in [5.41, 5.74) is 11.1. The number of rotatable bonds is 0. The lowest BCUT2D eigenvalue weighted by Gasteiger charge is -2.11. The molecule has 0 unspecified atom stereocenters. The van der Waals surface area contributed by atoms with Crippen molar-refractivity contribution < 1.29 is 0 Å². The molecule has 3 rings (SSSR count). The number of pyridine rings is 1. The molecule has 0 atom stereocenters. The van der Waals surface area contributed by atoms with Crippen LogP contribution in [0.15, 0.2) is 18.3 Å². The van der Waals surface area contributed by atoms with Gasteiger partial charge < -0.3 is 0 Å². The van der Waals surface area contributed by atoms with E-state index in [1.54, 1.807) is 0 Å². The van der Waals surface area contributed by atoms with Gasteiger partial charge in [0.1, 0.15) is 0 Å². The van der Waals surface area contributed by atoms with Crippen LogP contribution in [-0.2, 0) is 6.42 Å². The molecule has 2 aromatic rings. The van der Waals surface area contributed by atoms with E-state index >= 15 is 0 Å². The van der Waals surface area contributed by atoms with Crippen molar-refractivity contribution in [3.8, 4) is 11.1 Å². The predicted octanol–water partition coefficient (Wildman–Crippen LogP) is 3.89. The largest absolute Gasteiger partial charge is 0.261 e. The lowest BCUT2D eigenvalue weighted by Crippen LogP contribution is -1.93. The van der Waals surface area contributed by atoms with Crippen LogP contribution < -0.4 is 0 Å². The summed E-state index contributed by atoms with van der Waals surface area (Å²) in [5, 5.41) is 0. The average molecular weight is 223 g/mol. The molecule has 1 aliphatic rings. The van der Waals surface area contributed by atoms with E-state index in [1.165, 1.54) is 38.9 Å². The third-order valence-electron chi connectivity index (χ3n) is 3.93. The van der Waals surface area contributed by atoms with Crippen LogP contribution in [0.4, 0.5) is 0 Å². The molecule has 0 spiro atoms. The molecular formula is C16H17N. The highest BCUT2D eigenvalue weighted by atomic mass is 14.7. The fraction of sp³-hybridized carbons (Fsp3) is 0.312. The van der Waals surface area contributed by atoms with Crippen molar-refractivity contribution in [3.63, 3.8) is 0 Å². The molecule has 0 amide bonds. The smallest absolute Gasteiger partial charge is 0.0379 e. The molecule has 17 heavy (non-hydrogen) atoms. The summed E-state index contributed by atoms with van der Waals surface area (Å²) in [5.74, 6) is 0. The molecule has 0 saturated carbocycles. The number of aromatic nitrogens is 1. The Labute approximate surface area is 103 Å². The molecule has 86 valence electrons. The molecule has 0 aliphatic heterocycles. The number of nitrogens with zero attached hydrogens (tertiary/aromatic N) is 1. The van der Waals surface area contributed by atoms with Gasteiger partial charge in [-0.3, -0.25) is 4.98 Å². The number of hydrogen-bond acceptors (Lipinski definition) is 1. The quantitative estimate of drug-likeness (QED) is 0.563. The van der Waals surface area contributed by atoms with Crippen LogP contribution in [0.3, 0.4) is 0 Å². The summed E-state index contributed by atoms with van der Waals surface area (Å²) in [7, 11) is 0. The maximum atomic E-state index is 4.42. The Kier molecular flexibility index (Phi) is 2.12. The Hall–Kier alpha value is -1.63. The Morgan fingerprint density at radius 3 is 2.53 bits per heavy atom. The highest BCUT2D eigenvalue weighted by molar-refractivity contribution is 5.81. The number of benzene rings is 1. The van der Waals surface area contributed by atoms with Gasteiger partial charge in [0.15, 0.2) is 0 Å². The zero-order valence-electron chi connectivity index (χ0n) is 10.9. The summed E-state index contributed by atoms with van der Waals surface area (Å²) >= 11 is 0. The molecule has 1 aliphatic carbocycles. The normalized spacial score (nSPS) is 12.5. The number of aryl methyl sites for hydroxylation is 3. The van der Waals surface area contributed by atoms with Gasteiger partial charge in [-0.05, 0) is 72.7 Å². The van der Waals surface area contributed by atoms with Gasteiger partial charge in [-0.2, -0.15) is 0 Å². The number of fused-ring (bicyclic) bond motifs is 3. The van der Waals surface area contributed by atoms with Crippen molar-refractivity contribution in [1.29, 1.82) is 0 Å². The summed E-state index contributed by atoms with van der Waals surface area (Å²) in [6, 6.07) is 4.53. The van der Waals surface area contributed by atoms with Crippen LogP contribution in [0.2, 0.25) is 0 Å². The van der Waals surface area contributed by atoms with Crippen LogP contribution in [-0.4, -0.2) is 4.98 Å². The lowest BCUT2D eigenvalue weighted by atomic mass is 9.93. The van der Waals surface area contributed by atoms with Crippen molar-refractivity contribution in [3.05, 3.63) is 51.8 Å². The molecular weight excluding hydrogens is 206 g/mol. The van der Waals surface area contributed by atoms with Gasteiger partial charge >= 0.3 is 0 Å². The Bertz CT molecular complexity index is 624. The van der Waals surface area contributed by atoms with E-state index in [0.29, 0.717) is 0 Å². The van der Waals surface area contributed by atoms with Gasteiger partial charge in [0.25, 0.3) is 0 Å². The minimum Gasteiger partial charge on any atom is -0.261 e. The highest BCUT2D eigenvalue weighted by Crippen LogP contribution is 2.41. The third-order valence-corrected chi connectivity index (χ3v) is 3.93. The molecule has 1 aromatic carbocycles. The van der Waals surface area contributed by atoms with Crippen LogP contribution in [0, 0.1) is 27.7 Å². The summed E-state index contributed by atoms with van der Waals surface area (Å²) in [6.45, 7) is 8.72. The first-order valence-corrected chi connectivity index (χ1v) is 6.13. The first-order valence-electron chi connectivity index (χ1n) is 6.13. The van der Waals surface area contributed by atoms with E-state index in [0.717, 1.165) is 12.1 Å². The van der Waals surface area contributed by atoms with Crippen LogP contribution in [0.1, 0.15) is 33.5 Å². The second-order valence-corrected chi connectivity index (χ2v) is 5.15. The minimum atomic E-state index is 1.05. The molecule has 1 heterocycles. The summed E-state index contributed by atoms with van der Waals surface area (Å²) in [4.78, 5) is 4.42. The van der Waals surface area contributed by atoms with Crippen molar-refractivity contribution in [2.75, 3.05) is 0 Å². The fourth-order valence-electron chi connectivity index (χ4n) is 2.92. The molecule has 1 nitrogen and oxygen atoms in total. The molecule has 1 aromatic heterocycles. The highest BCUT2D eigenvalue weighted by Gasteiger charge is 2.23. The minimum absolute atomic E-state index is 1.05. The van der Waals surface area contributed by atoms with Crippen LogP contribution in [0.25, 0.3) is 11.1 Å². The maximum Gasteiger partial charge on any atom is 0.0379 e. The zero-order chi connectivity index (χ0) is 12.2. The molecule has 0 bridgehead atoms. The Morgan fingerprint density at radius 2 is 1.76 bits per heavy atom. The van der Waals surface area contributed by atoms with Crippen molar-refractivity contribution in [1.82, 2.24) is 4.98 Å². The predicted molar refractivity (Wildman–Crippen MR) is 71.4 cm³/mol. The van der Waals surface area contributed by atoms with Gasteiger partial charge in [-0.1, -0.05) is 6.07 Å². The first kappa shape index (κ1) is 10.5. The van der Waals surface area contributed by atoms with Crippen LogP contribution >= 0.6 is 0 Å². The monoisotopic (exact) mass is 223 g/mol. The van der Waals surface area contributed by atoms with E-state index < -0.39 is 0 Å². The van der Waals surface area contributed by atoms with Gasteiger partial charge in [-0.25, -0.2) is 0 Å². The van der Waals surface area contributed by atoms with Crippen LogP contribution in [0.5, 0.6) is 0 Å². The van der Waals surface area contributed by atoms with E-state index in [-0.39, 0.29) is 0 Å². The van der Waals surface area contributed by atoms with E-state index in [9.17, 15) is 0 Å². The molecule has 0 saturated heterocycles. The average Bonchev–Trinajstić information content (AvgIpc) is 2.65. The second-order valence-electron chi connectivity index (χ2n) is 5.15. The Morgan fingerprint density at radius 1 is 1.00 bits per heavy atom. The summed E-state index contributed by atoms with van der Waals surface area (Å²) in [6.07, 6.45) is 3.09. The third kappa shape index (κ3) is 1.42. The SMILES string of the molecule is Cc1cc2c(cn1)Cc1c(C)c(C)cc(C)c1-2. The first-order chi connectivity index (χ1) is 8.08. The van der Waals surface area contributed by atoms with Gasteiger partial charge in [0.05, 0.1) is 0 Å². The second kappa shape index (κ2) is 3.43. The fourth-order valence-corrected chi connectivity index (χ4v) is 2.92. The molecule has 1 heteroatoms. The van der Waals surface area contributed by atoms with Crippen molar-refractivity contribution in [2.24, 2.45) is 0 Å². The number of hydrogen-bond donors (Lipinski definition) is 0. The zero-order valence-corrected chi connectivity index (χ0v) is 10.9. The molecule has 0 N–H and O–H groups in total. The molecule has 0 fully saturated rings. The van der Waals surface area contributed by atoms with Gasteiger partial charge in [-0.15, -0.1) is 0 Å². The topological polar surface area (TPSA) is 12.9 Å². The van der Waals surface area contributed by atoms with E-state index in [2.05, 4.69) is 44.8 Å². The Balaban J connectivity index is 2.36. The van der Waals surface area contributed by atoms with E-state index in [1.807, 2.05) is 6.20 Å².